The van der Waals surface area contributed by atoms with Crippen LogP contribution in [-0.4, -0.2) is 59.2 Å². The predicted molar refractivity (Wildman–Crippen MR) is 86.3 cm³/mol. The van der Waals surface area contributed by atoms with Crippen molar-refractivity contribution in [3.63, 3.8) is 0 Å². The minimum atomic E-state index is -7.97. The van der Waals surface area contributed by atoms with E-state index in [1.807, 2.05) is 0 Å². The van der Waals surface area contributed by atoms with Crippen LogP contribution < -0.4 is 0 Å². The first-order chi connectivity index (χ1) is 14.1. The minimum absolute atomic E-state index is 0.0793. The van der Waals surface area contributed by atoms with Gasteiger partial charge in [-0.2, -0.15) is 57.1 Å². The van der Waals surface area contributed by atoms with Gasteiger partial charge < -0.3 is 4.90 Å². The van der Waals surface area contributed by atoms with E-state index in [4.69, 9.17) is 0 Å². The molecular weight excluding hydrogens is 481 g/mol. The first-order valence-corrected chi connectivity index (χ1v) is 9.02. The van der Waals surface area contributed by atoms with Crippen molar-refractivity contribution < 1.29 is 61.9 Å². The Morgan fingerprint density at radius 2 is 1.22 bits per heavy atom. The molecule has 0 N–H and O–H groups in total. The van der Waals surface area contributed by atoms with Crippen molar-refractivity contribution in [1.82, 2.24) is 4.90 Å². The summed E-state index contributed by atoms with van der Waals surface area (Å²) in [5.41, 5.74) is 0. The Labute approximate surface area is 174 Å². The minimum Gasteiger partial charge on any atom is -0.330 e. The number of hydrogen-bond acceptors (Lipinski definition) is 1. The molecule has 190 valence electrons. The van der Waals surface area contributed by atoms with Crippen LogP contribution in [0.1, 0.15) is 39.5 Å². The zero-order valence-corrected chi connectivity index (χ0v) is 16.7. The van der Waals surface area contributed by atoms with Crippen LogP contribution in [0, 0.1) is 0 Å². The summed E-state index contributed by atoms with van der Waals surface area (Å²) in [5, 5.41) is 0. The van der Waals surface area contributed by atoms with Gasteiger partial charge in [-0.3, -0.25) is 4.79 Å². The lowest BCUT2D eigenvalue weighted by atomic mass is 9.88. The topological polar surface area (TPSA) is 20.3 Å². The van der Waals surface area contributed by atoms with Crippen molar-refractivity contribution >= 4 is 5.91 Å². The van der Waals surface area contributed by atoms with Crippen molar-refractivity contribution in [2.45, 2.75) is 81.4 Å². The number of halogens is 13. The van der Waals surface area contributed by atoms with Gasteiger partial charge in [0.1, 0.15) is 6.04 Å². The molecule has 0 fully saturated rings. The van der Waals surface area contributed by atoms with E-state index in [2.05, 4.69) is 6.58 Å². The second-order valence-corrected chi connectivity index (χ2v) is 6.81. The van der Waals surface area contributed by atoms with Crippen molar-refractivity contribution in [1.29, 1.82) is 0 Å². The maximum Gasteiger partial charge on any atom is 0.460 e. The maximum absolute atomic E-state index is 14.6. The van der Waals surface area contributed by atoms with E-state index in [0.717, 1.165) is 6.92 Å². The van der Waals surface area contributed by atoms with Crippen LogP contribution in [0.15, 0.2) is 12.7 Å². The summed E-state index contributed by atoms with van der Waals surface area (Å²) in [7, 11) is 0. The molecule has 0 aromatic heterocycles. The molecule has 1 unspecified atom stereocenters. The highest BCUT2D eigenvalue weighted by Gasteiger charge is 2.91. The first-order valence-electron chi connectivity index (χ1n) is 9.02. The van der Waals surface area contributed by atoms with Crippen LogP contribution in [0.3, 0.4) is 0 Å². The molecule has 0 spiro atoms. The Kier molecular flexibility index (Phi) is 9.14. The lowest BCUT2D eigenvalue weighted by Crippen LogP contribution is -2.73. The normalized spacial score (nSPS) is 15.5. The van der Waals surface area contributed by atoms with Gasteiger partial charge in [-0.1, -0.05) is 33.3 Å². The summed E-state index contributed by atoms with van der Waals surface area (Å²) in [6.45, 7) is 4.65. The monoisotopic (exact) mass is 501 g/mol. The van der Waals surface area contributed by atoms with E-state index in [9.17, 15) is 61.9 Å². The summed E-state index contributed by atoms with van der Waals surface area (Å²) in [6, 6.07) is -3.25. The number of carbonyl (C=O) groups is 1. The molecule has 15 heteroatoms. The third kappa shape index (κ3) is 4.80. The van der Waals surface area contributed by atoms with Gasteiger partial charge in [0, 0.05) is 6.54 Å². The quantitative estimate of drug-likeness (QED) is 0.215. The Hall–Kier alpha value is -1.70. The molecule has 0 saturated carbocycles. The lowest BCUT2D eigenvalue weighted by molar-refractivity contribution is -0.442. The zero-order valence-electron chi connectivity index (χ0n) is 16.7. The lowest BCUT2D eigenvalue weighted by Gasteiger charge is -2.44. The first kappa shape index (κ1) is 30.3. The van der Waals surface area contributed by atoms with Gasteiger partial charge in [-0.05, 0) is 18.9 Å². The summed E-state index contributed by atoms with van der Waals surface area (Å²) in [5.74, 6) is -38.9. The molecule has 0 aromatic rings. The highest BCUT2D eigenvalue weighted by atomic mass is 19.4. The molecule has 0 aliphatic rings. The number of unbranched alkanes of at least 4 members (excludes halogenated alkanes) is 1. The molecular formula is C17H20F13NO. The Morgan fingerprint density at radius 1 is 0.781 bits per heavy atom. The Bertz CT molecular complexity index is 657. The summed E-state index contributed by atoms with van der Waals surface area (Å²) < 4.78 is 175. The highest BCUT2D eigenvalue weighted by molar-refractivity contribution is 5.87. The van der Waals surface area contributed by atoms with Gasteiger partial charge in [0.05, 0.1) is 0 Å². The number of alkyl halides is 13. The average Bonchev–Trinajstić information content (AvgIpc) is 2.65. The number of amides is 1. The summed E-state index contributed by atoms with van der Waals surface area (Å²) in [6.07, 6.45) is -8.85. The molecule has 0 rings (SSSR count). The highest BCUT2D eigenvalue weighted by Crippen LogP contribution is 2.61. The van der Waals surface area contributed by atoms with E-state index in [0.29, 0.717) is 6.08 Å². The average molecular weight is 501 g/mol. The second kappa shape index (κ2) is 9.65. The number of hydrogen-bond donors (Lipinski definition) is 0. The third-order valence-electron chi connectivity index (χ3n) is 4.52. The zero-order chi connectivity index (χ0) is 26.0. The van der Waals surface area contributed by atoms with E-state index in [1.165, 1.54) is 6.92 Å². The molecule has 0 heterocycles. The Morgan fingerprint density at radius 3 is 1.56 bits per heavy atom. The number of rotatable bonds is 12. The van der Waals surface area contributed by atoms with Crippen LogP contribution in [0.5, 0.6) is 0 Å². The van der Waals surface area contributed by atoms with Gasteiger partial charge in [-0.15, -0.1) is 0 Å². The number of nitrogens with zero attached hydrogens (tertiary/aromatic N) is 1. The van der Waals surface area contributed by atoms with E-state index in [1.54, 1.807) is 0 Å². The van der Waals surface area contributed by atoms with Gasteiger partial charge in [-0.25, -0.2) is 0 Å². The maximum atomic E-state index is 14.6. The fourth-order valence-electron chi connectivity index (χ4n) is 2.66. The standard InChI is InChI=1S/C17H20F13NO/c1-4-7-9-31(11(32)6-3)10(8-5-2)12(18,19)13(20,21)14(22,23)15(24,25)16(26,27)17(28,29)30/h6,10H,3-5,7-9H2,1-2H3. The van der Waals surface area contributed by atoms with Crippen molar-refractivity contribution in [3.8, 4) is 0 Å². The number of carbonyl (C=O) groups excluding carboxylic acids is 1. The predicted octanol–water partition coefficient (Wildman–Crippen LogP) is 6.71. The third-order valence-corrected chi connectivity index (χ3v) is 4.52. The van der Waals surface area contributed by atoms with Crippen LogP contribution in [0.25, 0.3) is 0 Å². The fraction of sp³-hybridized carbons (Fsp3) is 0.824. The SMILES string of the molecule is C=CC(=O)N(CCCC)C(CCC)C(F)(F)C(F)(F)C(F)(F)C(F)(F)C(F)(F)C(F)(F)F. The smallest absolute Gasteiger partial charge is 0.330 e. The molecule has 32 heavy (non-hydrogen) atoms. The van der Waals surface area contributed by atoms with Gasteiger partial charge >= 0.3 is 35.8 Å². The van der Waals surface area contributed by atoms with E-state index < -0.39 is 67.1 Å². The van der Waals surface area contributed by atoms with E-state index in [-0.39, 0.29) is 17.7 Å². The van der Waals surface area contributed by atoms with Gasteiger partial charge in [0.2, 0.25) is 5.91 Å². The van der Waals surface area contributed by atoms with Crippen LogP contribution >= 0.6 is 0 Å². The van der Waals surface area contributed by atoms with Crippen LogP contribution in [-0.2, 0) is 4.79 Å². The fourth-order valence-corrected chi connectivity index (χ4v) is 2.66. The van der Waals surface area contributed by atoms with Crippen molar-refractivity contribution in [2.24, 2.45) is 0 Å². The Balaban J connectivity index is 6.73. The summed E-state index contributed by atoms with van der Waals surface area (Å²) >= 11 is 0. The van der Waals surface area contributed by atoms with E-state index >= 15 is 0 Å². The molecule has 1 atom stereocenters. The molecule has 0 aliphatic carbocycles. The van der Waals surface area contributed by atoms with Gasteiger partial charge in [0.15, 0.2) is 0 Å². The second-order valence-electron chi connectivity index (χ2n) is 6.81. The van der Waals surface area contributed by atoms with Gasteiger partial charge in [0.25, 0.3) is 0 Å². The van der Waals surface area contributed by atoms with Crippen molar-refractivity contribution in [2.75, 3.05) is 6.54 Å². The molecule has 1 amide bonds. The molecule has 2 nitrogen and oxygen atoms in total. The summed E-state index contributed by atoms with van der Waals surface area (Å²) in [4.78, 5) is 11.8. The van der Waals surface area contributed by atoms with Crippen molar-refractivity contribution in [3.05, 3.63) is 12.7 Å². The molecule has 0 aromatic carbocycles. The molecule has 0 bridgehead atoms. The molecule has 0 aliphatic heterocycles. The largest absolute Gasteiger partial charge is 0.460 e. The van der Waals surface area contributed by atoms with Crippen LogP contribution in [0.2, 0.25) is 0 Å². The molecule has 0 radical (unpaired) electrons. The van der Waals surface area contributed by atoms with Crippen LogP contribution in [0.4, 0.5) is 57.1 Å². The molecule has 0 saturated heterocycles.